The summed E-state index contributed by atoms with van der Waals surface area (Å²) in [6.45, 7) is 4.00. The zero-order chi connectivity index (χ0) is 12.5. The number of fused-ring (bicyclic) bond motifs is 1. The third-order valence-corrected chi connectivity index (χ3v) is 3.77. The quantitative estimate of drug-likeness (QED) is 0.833. The van der Waals surface area contributed by atoms with Crippen molar-refractivity contribution in [3.63, 3.8) is 0 Å². The fraction of sp³-hybridized carbons (Fsp3) is 0.429. The minimum absolute atomic E-state index is 0.229. The minimum atomic E-state index is 0.229. The van der Waals surface area contributed by atoms with Crippen LogP contribution in [0, 0.1) is 24.2 Å². The van der Waals surface area contributed by atoms with Crippen molar-refractivity contribution in [3.05, 3.63) is 24.0 Å². The standard InChI is InChI=1S/C14H16N4/c1-10-8-16-14-13(10)6-12(9-17-14)18-4-2-11(7-15)3-5-18/h6,8-9,11H,2-5H2,1H3,(H,16,17). The van der Waals surface area contributed by atoms with Gasteiger partial charge in [0.1, 0.15) is 5.65 Å². The van der Waals surface area contributed by atoms with Crippen LogP contribution >= 0.6 is 0 Å². The number of nitriles is 1. The van der Waals surface area contributed by atoms with E-state index in [1.165, 1.54) is 16.6 Å². The van der Waals surface area contributed by atoms with Crippen LogP contribution in [0.25, 0.3) is 11.0 Å². The molecule has 0 spiro atoms. The van der Waals surface area contributed by atoms with E-state index in [9.17, 15) is 0 Å². The number of hydrogen-bond acceptors (Lipinski definition) is 3. The molecule has 1 saturated heterocycles. The van der Waals surface area contributed by atoms with Crippen molar-refractivity contribution in [2.45, 2.75) is 19.8 Å². The van der Waals surface area contributed by atoms with E-state index in [1.54, 1.807) is 0 Å². The van der Waals surface area contributed by atoms with Gasteiger partial charge in [0.05, 0.1) is 18.0 Å². The van der Waals surface area contributed by atoms with Crippen molar-refractivity contribution in [1.82, 2.24) is 9.97 Å². The number of aromatic nitrogens is 2. The van der Waals surface area contributed by atoms with Crippen LogP contribution in [-0.4, -0.2) is 23.1 Å². The van der Waals surface area contributed by atoms with E-state index in [2.05, 4.69) is 33.9 Å². The van der Waals surface area contributed by atoms with Crippen LogP contribution in [0.4, 0.5) is 5.69 Å². The number of pyridine rings is 1. The van der Waals surface area contributed by atoms with E-state index in [0.717, 1.165) is 31.6 Å². The van der Waals surface area contributed by atoms with Gasteiger partial charge < -0.3 is 9.88 Å². The summed E-state index contributed by atoms with van der Waals surface area (Å²) in [6, 6.07) is 4.56. The Kier molecular flexibility index (Phi) is 2.67. The van der Waals surface area contributed by atoms with Crippen LogP contribution in [-0.2, 0) is 0 Å². The number of nitrogens with one attached hydrogen (secondary N) is 1. The van der Waals surface area contributed by atoms with E-state index in [1.807, 2.05) is 12.4 Å². The molecule has 0 atom stereocenters. The van der Waals surface area contributed by atoms with Gasteiger partial charge in [-0.3, -0.25) is 0 Å². The van der Waals surface area contributed by atoms with Gasteiger partial charge in [-0.2, -0.15) is 5.26 Å². The van der Waals surface area contributed by atoms with Gasteiger partial charge in [0.2, 0.25) is 0 Å². The number of H-pyrrole nitrogens is 1. The van der Waals surface area contributed by atoms with Crippen molar-refractivity contribution in [2.24, 2.45) is 5.92 Å². The lowest BCUT2D eigenvalue weighted by Crippen LogP contribution is -2.33. The van der Waals surface area contributed by atoms with Crippen LogP contribution in [0.2, 0.25) is 0 Å². The molecule has 0 amide bonds. The first-order chi connectivity index (χ1) is 8.78. The van der Waals surface area contributed by atoms with E-state index < -0.39 is 0 Å². The highest BCUT2D eigenvalue weighted by Gasteiger charge is 2.19. The zero-order valence-corrected chi connectivity index (χ0v) is 10.5. The van der Waals surface area contributed by atoms with E-state index in [-0.39, 0.29) is 5.92 Å². The van der Waals surface area contributed by atoms with Gasteiger partial charge in [-0.05, 0) is 31.4 Å². The first-order valence-corrected chi connectivity index (χ1v) is 6.36. The van der Waals surface area contributed by atoms with Gasteiger partial charge in [-0.1, -0.05) is 0 Å². The maximum atomic E-state index is 8.91. The van der Waals surface area contributed by atoms with Gasteiger partial charge in [0.25, 0.3) is 0 Å². The summed E-state index contributed by atoms with van der Waals surface area (Å²) in [5.74, 6) is 0.229. The number of nitrogens with zero attached hydrogens (tertiary/aromatic N) is 3. The van der Waals surface area contributed by atoms with Crippen LogP contribution in [0.5, 0.6) is 0 Å². The third kappa shape index (κ3) is 1.82. The smallest absolute Gasteiger partial charge is 0.137 e. The SMILES string of the molecule is Cc1c[nH]c2ncc(N3CCC(C#N)CC3)cc12. The molecule has 1 aliphatic heterocycles. The first-order valence-electron chi connectivity index (χ1n) is 6.36. The second kappa shape index (κ2) is 4.34. The Hall–Kier alpha value is -2.02. The number of anilines is 1. The molecule has 1 fully saturated rings. The monoisotopic (exact) mass is 240 g/mol. The summed E-state index contributed by atoms with van der Waals surface area (Å²) in [5, 5.41) is 10.1. The van der Waals surface area contributed by atoms with Gasteiger partial charge in [0.15, 0.2) is 0 Å². The molecule has 3 heterocycles. The molecule has 0 aromatic carbocycles. The lowest BCUT2D eigenvalue weighted by atomic mass is 9.98. The third-order valence-electron chi connectivity index (χ3n) is 3.77. The van der Waals surface area contributed by atoms with Crippen molar-refractivity contribution in [2.75, 3.05) is 18.0 Å². The zero-order valence-electron chi connectivity index (χ0n) is 10.5. The number of rotatable bonds is 1. The highest BCUT2D eigenvalue weighted by atomic mass is 15.1. The Morgan fingerprint density at radius 2 is 2.22 bits per heavy atom. The highest BCUT2D eigenvalue weighted by molar-refractivity contribution is 5.82. The van der Waals surface area contributed by atoms with Crippen molar-refractivity contribution < 1.29 is 0 Å². The fourth-order valence-electron chi connectivity index (χ4n) is 2.56. The minimum Gasteiger partial charge on any atom is -0.370 e. The van der Waals surface area contributed by atoms with Crippen LogP contribution in [0.3, 0.4) is 0 Å². The lowest BCUT2D eigenvalue weighted by molar-refractivity contribution is 0.487. The molecular weight excluding hydrogens is 224 g/mol. The Labute approximate surface area is 106 Å². The van der Waals surface area contributed by atoms with Gasteiger partial charge >= 0.3 is 0 Å². The molecule has 4 nitrogen and oxygen atoms in total. The van der Waals surface area contributed by atoms with E-state index >= 15 is 0 Å². The summed E-state index contributed by atoms with van der Waals surface area (Å²) in [5.41, 5.74) is 3.34. The maximum absolute atomic E-state index is 8.91. The molecule has 18 heavy (non-hydrogen) atoms. The van der Waals surface area contributed by atoms with Crippen LogP contribution in [0.1, 0.15) is 18.4 Å². The molecular formula is C14H16N4. The second-order valence-electron chi connectivity index (χ2n) is 4.95. The van der Waals surface area contributed by atoms with E-state index in [4.69, 9.17) is 5.26 Å². The Balaban J connectivity index is 1.86. The molecule has 2 aromatic rings. The van der Waals surface area contributed by atoms with Gasteiger partial charge in [0, 0.05) is 30.6 Å². The average molecular weight is 240 g/mol. The lowest BCUT2D eigenvalue weighted by Gasteiger charge is -2.30. The van der Waals surface area contributed by atoms with Crippen molar-refractivity contribution in [1.29, 1.82) is 5.26 Å². The normalized spacial score (nSPS) is 17.0. The topological polar surface area (TPSA) is 55.7 Å². The predicted octanol–water partition coefficient (Wildman–Crippen LogP) is 2.61. The molecule has 3 rings (SSSR count). The molecule has 0 saturated carbocycles. The first kappa shape index (κ1) is 11.1. The Morgan fingerprint density at radius 1 is 1.44 bits per heavy atom. The number of aromatic amines is 1. The summed E-state index contributed by atoms with van der Waals surface area (Å²) < 4.78 is 0. The van der Waals surface area contributed by atoms with Gasteiger partial charge in [-0.15, -0.1) is 0 Å². The average Bonchev–Trinajstić information content (AvgIpc) is 2.80. The molecule has 2 aromatic heterocycles. The van der Waals surface area contributed by atoms with Crippen LogP contribution < -0.4 is 4.90 Å². The van der Waals surface area contributed by atoms with Crippen molar-refractivity contribution in [3.8, 4) is 6.07 Å². The summed E-state index contributed by atoms with van der Waals surface area (Å²) >= 11 is 0. The number of piperidine rings is 1. The maximum Gasteiger partial charge on any atom is 0.137 e. The summed E-state index contributed by atoms with van der Waals surface area (Å²) in [6.07, 6.45) is 5.83. The summed E-state index contributed by atoms with van der Waals surface area (Å²) in [7, 11) is 0. The second-order valence-corrected chi connectivity index (χ2v) is 4.95. The molecule has 0 bridgehead atoms. The largest absolute Gasteiger partial charge is 0.370 e. The molecule has 4 heteroatoms. The number of aryl methyl sites for hydroxylation is 1. The molecule has 0 radical (unpaired) electrons. The molecule has 1 N–H and O–H groups in total. The molecule has 1 aliphatic rings. The highest BCUT2D eigenvalue weighted by Crippen LogP contribution is 2.26. The molecule has 0 unspecified atom stereocenters. The van der Waals surface area contributed by atoms with Crippen LogP contribution in [0.15, 0.2) is 18.5 Å². The molecule has 92 valence electrons. The van der Waals surface area contributed by atoms with Gasteiger partial charge in [-0.25, -0.2) is 4.98 Å². The Morgan fingerprint density at radius 3 is 2.94 bits per heavy atom. The van der Waals surface area contributed by atoms with E-state index in [0.29, 0.717) is 0 Å². The Bertz CT molecular complexity index is 600. The van der Waals surface area contributed by atoms with Crippen molar-refractivity contribution >= 4 is 16.7 Å². The fourth-order valence-corrected chi connectivity index (χ4v) is 2.56. The molecule has 0 aliphatic carbocycles. The summed E-state index contributed by atoms with van der Waals surface area (Å²) in [4.78, 5) is 9.94. The predicted molar refractivity (Wildman–Crippen MR) is 71.4 cm³/mol. The number of hydrogen-bond donors (Lipinski definition) is 1.